The van der Waals surface area contributed by atoms with Crippen molar-refractivity contribution in [1.82, 2.24) is 4.98 Å². The lowest BCUT2D eigenvalue weighted by Gasteiger charge is -2.23. The lowest BCUT2D eigenvalue weighted by Crippen LogP contribution is -2.23. The largest absolute Gasteiger partial charge is 0.416 e. The zero-order valence-electron chi connectivity index (χ0n) is 13.1. The molecule has 1 aromatic heterocycles. The van der Waals surface area contributed by atoms with E-state index in [1.807, 2.05) is 6.92 Å². The molecular formula is C15H24F3N3. The van der Waals surface area contributed by atoms with Gasteiger partial charge in [0.05, 0.1) is 5.56 Å². The molecule has 6 heteroatoms. The SMILES string of the molecule is CCCNc1cc(C(F)(F)F)cc(NCC(C)(C)CC)n1. The van der Waals surface area contributed by atoms with E-state index >= 15 is 0 Å². The van der Waals surface area contributed by atoms with Gasteiger partial charge in [0.2, 0.25) is 0 Å². The third kappa shape index (κ3) is 5.81. The smallest absolute Gasteiger partial charge is 0.370 e. The van der Waals surface area contributed by atoms with E-state index in [0.717, 1.165) is 25.0 Å². The van der Waals surface area contributed by atoms with Gasteiger partial charge in [0.15, 0.2) is 0 Å². The van der Waals surface area contributed by atoms with Crippen molar-refractivity contribution in [3.05, 3.63) is 17.7 Å². The Morgan fingerprint density at radius 1 is 1.05 bits per heavy atom. The summed E-state index contributed by atoms with van der Waals surface area (Å²) < 4.78 is 38.8. The molecule has 0 saturated carbocycles. The van der Waals surface area contributed by atoms with Crippen molar-refractivity contribution in [2.75, 3.05) is 23.7 Å². The molecule has 1 rings (SSSR count). The molecule has 0 fully saturated rings. The Hall–Kier alpha value is -1.46. The molecule has 2 N–H and O–H groups in total. The van der Waals surface area contributed by atoms with Crippen LogP contribution in [0.2, 0.25) is 0 Å². The van der Waals surface area contributed by atoms with E-state index in [9.17, 15) is 13.2 Å². The highest BCUT2D eigenvalue weighted by Crippen LogP contribution is 2.32. The van der Waals surface area contributed by atoms with Crippen LogP contribution in [-0.4, -0.2) is 18.1 Å². The first-order chi connectivity index (χ1) is 9.68. The molecule has 0 atom stereocenters. The van der Waals surface area contributed by atoms with E-state index < -0.39 is 11.7 Å². The minimum Gasteiger partial charge on any atom is -0.370 e. The van der Waals surface area contributed by atoms with Crippen LogP contribution in [0, 0.1) is 5.41 Å². The zero-order valence-corrected chi connectivity index (χ0v) is 13.1. The molecule has 0 unspecified atom stereocenters. The van der Waals surface area contributed by atoms with Gasteiger partial charge in [-0.25, -0.2) is 4.98 Å². The van der Waals surface area contributed by atoms with Gasteiger partial charge in [-0.05, 0) is 30.4 Å². The van der Waals surface area contributed by atoms with Gasteiger partial charge < -0.3 is 10.6 Å². The van der Waals surface area contributed by atoms with E-state index in [1.54, 1.807) is 0 Å². The first-order valence-electron chi connectivity index (χ1n) is 7.25. The zero-order chi connectivity index (χ0) is 16.1. The van der Waals surface area contributed by atoms with Crippen LogP contribution in [0.3, 0.4) is 0 Å². The van der Waals surface area contributed by atoms with Gasteiger partial charge in [0.25, 0.3) is 0 Å². The van der Waals surface area contributed by atoms with Gasteiger partial charge in [0, 0.05) is 13.1 Å². The molecule has 0 radical (unpaired) electrons. The number of hydrogen-bond donors (Lipinski definition) is 2. The van der Waals surface area contributed by atoms with E-state index in [2.05, 4.69) is 36.4 Å². The summed E-state index contributed by atoms with van der Waals surface area (Å²) in [5, 5.41) is 5.92. The number of rotatable bonds is 7. The highest BCUT2D eigenvalue weighted by Gasteiger charge is 2.31. The fourth-order valence-electron chi connectivity index (χ4n) is 1.58. The summed E-state index contributed by atoms with van der Waals surface area (Å²) >= 11 is 0. The molecule has 0 amide bonds. The quantitative estimate of drug-likeness (QED) is 0.762. The average molecular weight is 303 g/mol. The number of nitrogens with zero attached hydrogens (tertiary/aromatic N) is 1. The summed E-state index contributed by atoms with van der Waals surface area (Å²) in [6, 6.07) is 2.11. The van der Waals surface area contributed by atoms with Crippen molar-refractivity contribution < 1.29 is 13.2 Å². The predicted molar refractivity (Wildman–Crippen MR) is 80.6 cm³/mol. The average Bonchev–Trinajstić information content (AvgIpc) is 2.42. The van der Waals surface area contributed by atoms with Gasteiger partial charge in [-0.3, -0.25) is 0 Å². The number of nitrogens with one attached hydrogen (secondary N) is 2. The molecule has 120 valence electrons. The molecule has 0 spiro atoms. The Kier molecular flexibility index (Phi) is 5.87. The van der Waals surface area contributed by atoms with Gasteiger partial charge in [-0.1, -0.05) is 27.7 Å². The highest BCUT2D eigenvalue weighted by atomic mass is 19.4. The lowest BCUT2D eigenvalue weighted by molar-refractivity contribution is -0.137. The molecular weight excluding hydrogens is 279 g/mol. The third-order valence-electron chi connectivity index (χ3n) is 3.41. The summed E-state index contributed by atoms with van der Waals surface area (Å²) in [5.74, 6) is 0.508. The van der Waals surface area contributed by atoms with Crippen LogP contribution in [0.25, 0.3) is 0 Å². The van der Waals surface area contributed by atoms with Crippen LogP contribution in [0.15, 0.2) is 12.1 Å². The van der Waals surface area contributed by atoms with Crippen LogP contribution in [0.1, 0.15) is 46.1 Å². The Morgan fingerprint density at radius 2 is 1.62 bits per heavy atom. The molecule has 0 aliphatic heterocycles. The number of aromatic nitrogens is 1. The second kappa shape index (κ2) is 7.00. The van der Waals surface area contributed by atoms with Gasteiger partial charge in [-0.2, -0.15) is 13.2 Å². The molecule has 1 aromatic rings. The van der Waals surface area contributed by atoms with E-state index in [4.69, 9.17) is 0 Å². The Morgan fingerprint density at radius 3 is 2.10 bits per heavy atom. The van der Waals surface area contributed by atoms with Crippen molar-refractivity contribution in [1.29, 1.82) is 0 Å². The van der Waals surface area contributed by atoms with Crippen molar-refractivity contribution in [3.8, 4) is 0 Å². The van der Waals surface area contributed by atoms with Gasteiger partial charge in [0.1, 0.15) is 11.6 Å². The number of alkyl halides is 3. The first kappa shape index (κ1) is 17.6. The molecule has 0 aliphatic carbocycles. The minimum absolute atomic E-state index is 0.00687. The van der Waals surface area contributed by atoms with Crippen LogP contribution in [-0.2, 0) is 6.18 Å². The van der Waals surface area contributed by atoms with Crippen LogP contribution >= 0.6 is 0 Å². The van der Waals surface area contributed by atoms with Crippen LogP contribution in [0.5, 0.6) is 0 Å². The van der Waals surface area contributed by atoms with Crippen molar-refractivity contribution in [2.45, 2.75) is 46.7 Å². The van der Waals surface area contributed by atoms with Crippen molar-refractivity contribution >= 4 is 11.6 Å². The standard InChI is InChI=1S/C15H24F3N3/c1-5-7-19-12-8-11(15(16,17)18)9-13(21-12)20-10-14(3,4)6-2/h8-9H,5-7,10H2,1-4H3,(H2,19,20,21). The summed E-state index contributed by atoms with van der Waals surface area (Å²) in [5.41, 5.74) is -0.680. The Labute approximate surface area is 124 Å². The maximum atomic E-state index is 12.9. The number of halogens is 3. The number of pyridine rings is 1. The lowest BCUT2D eigenvalue weighted by atomic mass is 9.90. The summed E-state index contributed by atoms with van der Waals surface area (Å²) in [7, 11) is 0. The van der Waals surface area contributed by atoms with E-state index in [1.165, 1.54) is 0 Å². The van der Waals surface area contributed by atoms with Crippen LogP contribution in [0.4, 0.5) is 24.8 Å². The molecule has 0 aromatic carbocycles. The Balaban J connectivity index is 2.96. The van der Waals surface area contributed by atoms with E-state index in [-0.39, 0.29) is 17.1 Å². The monoisotopic (exact) mass is 303 g/mol. The summed E-state index contributed by atoms with van der Waals surface area (Å²) in [4.78, 5) is 4.20. The topological polar surface area (TPSA) is 37.0 Å². The maximum absolute atomic E-state index is 12.9. The molecule has 1 heterocycles. The highest BCUT2D eigenvalue weighted by molar-refractivity contribution is 5.49. The second-order valence-electron chi connectivity index (χ2n) is 5.92. The fourth-order valence-corrected chi connectivity index (χ4v) is 1.58. The second-order valence-corrected chi connectivity index (χ2v) is 5.92. The minimum atomic E-state index is -4.37. The molecule has 21 heavy (non-hydrogen) atoms. The number of hydrogen-bond acceptors (Lipinski definition) is 3. The normalized spacial score (nSPS) is 12.3. The fraction of sp³-hybridized carbons (Fsp3) is 0.667. The van der Waals surface area contributed by atoms with Crippen molar-refractivity contribution in [2.24, 2.45) is 5.41 Å². The van der Waals surface area contributed by atoms with Gasteiger partial charge in [-0.15, -0.1) is 0 Å². The van der Waals surface area contributed by atoms with Gasteiger partial charge >= 0.3 is 6.18 Å². The van der Waals surface area contributed by atoms with Crippen LogP contribution < -0.4 is 10.6 Å². The molecule has 3 nitrogen and oxygen atoms in total. The Bertz CT molecular complexity index is 456. The molecule has 0 saturated heterocycles. The third-order valence-corrected chi connectivity index (χ3v) is 3.41. The maximum Gasteiger partial charge on any atom is 0.416 e. The molecule has 0 aliphatic rings. The molecule has 0 bridgehead atoms. The van der Waals surface area contributed by atoms with E-state index in [0.29, 0.717) is 13.1 Å². The number of anilines is 2. The first-order valence-corrected chi connectivity index (χ1v) is 7.25. The predicted octanol–water partition coefficient (Wildman–Crippen LogP) is 4.77. The van der Waals surface area contributed by atoms with Crippen molar-refractivity contribution in [3.63, 3.8) is 0 Å². The summed E-state index contributed by atoms with van der Waals surface area (Å²) in [6.07, 6.45) is -2.62. The summed E-state index contributed by atoms with van der Waals surface area (Å²) in [6.45, 7) is 9.28.